The smallest absolute Gasteiger partial charge is 0.320 e. The minimum absolute atomic E-state index is 0.0684. The Morgan fingerprint density at radius 2 is 1.83 bits per heavy atom. The van der Waals surface area contributed by atoms with Crippen LogP contribution in [0.3, 0.4) is 0 Å². The Balaban J connectivity index is 2.87. The number of amides is 1. The summed E-state index contributed by atoms with van der Waals surface area (Å²) < 4.78 is 5.13. The van der Waals surface area contributed by atoms with E-state index in [2.05, 4.69) is 10.0 Å². The van der Waals surface area contributed by atoms with Crippen LogP contribution < -0.4 is 0 Å². The van der Waals surface area contributed by atoms with Crippen LogP contribution in [0.2, 0.25) is 0 Å². The van der Waals surface area contributed by atoms with Gasteiger partial charge in [-0.05, 0) is 23.1 Å². The van der Waals surface area contributed by atoms with Gasteiger partial charge in [-0.3, -0.25) is 9.59 Å². The van der Waals surface area contributed by atoms with E-state index in [1.807, 2.05) is 51.1 Å². The fourth-order valence-corrected chi connectivity index (χ4v) is 2.57. The van der Waals surface area contributed by atoms with Crippen molar-refractivity contribution in [3.63, 3.8) is 0 Å². The Bertz CT molecular complexity index is 607. The zero-order valence-electron chi connectivity index (χ0n) is 13.8. The van der Waals surface area contributed by atoms with Gasteiger partial charge in [0.25, 0.3) is 0 Å². The lowest BCUT2D eigenvalue weighted by molar-refractivity contribution is -0.158. The van der Waals surface area contributed by atoms with E-state index < -0.39 is 17.3 Å². The van der Waals surface area contributed by atoms with Crippen LogP contribution in [0.1, 0.15) is 33.3 Å². The largest absolute Gasteiger partial charge is 0.460 e. The summed E-state index contributed by atoms with van der Waals surface area (Å²) >= 11 is 1.44. The van der Waals surface area contributed by atoms with E-state index in [0.717, 1.165) is 5.56 Å². The van der Waals surface area contributed by atoms with E-state index in [0.29, 0.717) is 0 Å². The van der Waals surface area contributed by atoms with Gasteiger partial charge in [-0.1, -0.05) is 51.1 Å². The van der Waals surface area contributed by atoms with Crippen molar-refractivity contribution in [2.24, 2.45) is 10.5 Å². The molecule has 0 radical (unpaired) electrons. The average Bonchev–Trinajstić information content (AvgIpc) is 2.50. The second-order valence-corrected chi connectivity index (χ2v) is 8.09. The molecule has 1 aromatic carbocycles. The molecule has 0 saturated carbocycles. The van der Waals surface area contributed by atoms with Gasteiger partial charge in [0, 0.05) is 15.4 Å². The minimum atomic E-state index is -1.50. The van der Waals surface area contributed by atoms with Crippen LogP contribution in [0.4, 0.5) is 0 Å². The Kier molecular flexibility index (Phi) is 6.66. The maximum Gasteiger partial charge on any atom is 0.320 e. The van der Waals surface area contributed by atoms with Gasteiger partial charge in [0.2, 0.25) is 5.91 Å². The van der Waals surface area contributed by atoms with Gasteiger partial charge >= 0.3 is 5.97 Å². The fourth-order valence-electron chi connectivity index (χ4n) is 1.60. The Morgan fingerprint density at radius 1 is 1.22 bits per heavy atom. The van der Waals surface area contributed by atoms with Gasteiger partial charge in [-0.25, -0.2) is 0 Å². The van der Waals surface area contributed by atoms with E-state index in [-0.39, 0.29) is 17.1 Å². The normalized spacial score (nSPS) is 13.6. The average molecular weight is 335 g/mol. The highest BCUT2D eigenvalue weighted by Crippen LogP contribution is 2.33. The third-order valence-corrected chi connectivity index (χ3v) is 4.65. The van der Waals surface area contributed by atoms with Crippen LogP contribution in [0.5, 0.6) is 0 Å². The number of azide groups is 1. The molecule has 0 heterocycles. The molecule has 6 nitrogen and oxygen atoms in total. The molecular formula is C16H21N3O3S. The summed E-state index contributed by atoms with van der Waals surface area (Å²) in [5.41, 5.74) is 7.82. The first-order valence-corrected chi connectivity index (χ1v) is 8.12. The van der Waals surface area contributed by atoms with E-state index >= 15 is 0 Å². The number of hydrogen-bond acceptors (Lipinski definition) is 4. The summed E-state index contributed by atoms with van der Waals surface area (Å²) in [5.74, 6) is -1.33. The highest BCUT2D eigenvalue weighted by atomic mass is 32.2. The summed E-state index contributed by atoms with van der Waals surface area (Å²) in [4.78, 5) is 27.0. The quantitative estimate of drug-likeness (QED) is 0.257. The number of carbonyl (C=O) groups is 2. The second-order valence-electron chi connectivity index (χ2n) is 6.29. The molecule has 1 rings (SSSR count). The second kappa shape index (κ2) is 8.04. The van der Waals surface area contributed by atoms with Crippen molar-refractivity contribution < 1.29 is 14.3 Å². The maximum absolute atomic E-state index is 12.4. The first-order valence-electron chi connectivity index (χ1n) is 7.14. The van der Waals surface area contributed by atoms with E-state index in [4.69, 9.17) is 10.3 Å². The van der Waals surface area contributed by atoms with Crippen LogP contribution in [0.15, 0.2) is 35.4 Å². The molecule has 7 heteroatoms. The SMILES string of the molecule is CC(C)(C)SC[C@@](C)(C(=O)N=[N+]=[N-])C(=O)OCc1ccccc1. The minimum Gasteiger partial charge on any atom is -0.460 e. The lowest BCUT2D eigenvalue weighted by atomic mass is 9.92. The molecule has 0 aromatic heterocycles. The lowest BCUT2D eigenvalue weighted by Gasteiger charge is -2.27. The van der Waals surface area contributed by atoms with Gasteiger partial charge in [-0.15, -0.1) is 0 Å². The number of ether oxygens (including phenoxy) is 1. The third kappa shape index (κ3) is 5.96. The van der Waals surface area contributed by atoms with Crippen LogP contribution in [-0.2, 0) is 20.9 Å². The molecule has 0 saturated heterocycles. The number of thioether (sulfide) groups is 1. The topological polar surface area (TPSA) is 92.1 Å². The summed E-state index contributed by atoms with van der Waals surface area (Å²) in [7, 11) is 0. The van der Waals surface area contributed by atoms with Crippen molar-refractivity contribution in [3.8, 4) is 0 Å². The molecule has 1 amide bonds. The van der Waals surface area contributed by atoms with Crippen molar-refractivity contribution in [3.05, 3.63) is 46.3 Å². The Hall–Kier alpha value is -1.98. The number of nitrogens with zero attached hydrogens (tertiary/aromatic N) is 3. The molecule has 0 aliphatic rings. The summed E-state index contributed by atoms with van der Waals surface area (Å²) in [6, 6.07) is 9.18. The van der Waals surface area contributed by atoms with E-state index in [9.17, 15) is 9.59 Å². The molecule has 0 fully saturated rings. The fraction of sp³-hybridized carbons (Fsp3) is 0.500. The predicted octanol–water partition coefficient (Wildman–Crippen LogP) is 4.10. The molecule has 0 spiro atoms. The van der Waals surface area contributed by atoms with Gasteiger partial charge in [-0.2, -0.15) is 11.8 Å². The third-order valence-electron chi connectivity index (χ3n) is 3.06. The lowest BCUT2D eigenvalue weighted by Crippen LogP contribution is -2.40. The van der Waals surface area contributed by atoms with Crippen LogP contribution in [0.25, 0.3) is 10.4 Å². The summed E-state index contributed by atoms with van der Waals surface area (Å²) in [6.07, 6.45) is 0. The molecule has 124 valence electrons. The van der Waals surface area contributed by atoms with Crippen molar-refractivity contribution in [2.45, 2.75) is 39.0 Å². The van der Waals surface area contributed by atoms with Crippen molar-refractivity contribution >= 4 is 23.6 Å². The van der Waals surface area contributed by atoms with Crippen LogP contribution >= 0.6 is 11.8 Å². The number of benzene rings is 1. The molecule has 1 atom stereocenters. The monoisotopic (exact) mass is 335 g/mol. The van der Waals surface area contributed by atoms with E-state index in [1.54, 1.807) is 0 Å². The molecule has 0 aliphatic carbocycles. The molecule has 0 aliphatic heterocycles. The number of esters is 1. The Morgan fingerprint density at radius 3 is 2.35 bits per heavy atom. The zero-order valence-corrected chi connectivity index (χ0v) is 14.6. The summed E-state index contributed by atoms with van der Waals surface area (Å²) in [5, 5.41) is 3.10. The predicted molar refractivity (Wildman–Crippen MR) is 90.7 cm³/mol. The zero-order chi connectivity index (χ0) is 17.5. The van der Waals surface area contributed by atoms with Gasteiger partial charge < -0.3 is 4.74 Å². The van der Waals surface area contributed by atoms with Gasteiger partial charge in [0.1, 0.15) is 12.0 Å². The Labute approximate surface area is 140 Å². The van der Waals surface area contributed by atoms with Crippen LogP contribution in [-0.4, -0.2) is 22.4 Å². The van der Waals surface area contributed by atoms with Crippen LogP contribution in [0, 0.1) is 5.41 Å². The van der Waals surface area contributed by atoms with Gasteiger partial charge in [0.15, 0.2) is 0 Å². The maximum atomic E-state index is 12.4. The van der Waals surface area contributed by atoms with Gasteiger partial charge in [0.05, 0.1) is 0 Å². The number of rotatable bonds is 6. The number of carbonyl (C=O) groups excluding carboxylic acids is 2. The first kappa shape index (κ1) is 19.1. The highest BCUT2D eigenvalue weighted by molar-refractivity contribution is 8.00. The van der Waals surface area contributed by atoms with Crippen molar-refractivity contribution in [2.75, 3.05) is 5.75 Å². The molecule has 0 bridgehead atoms. The molecule has 23 heavy (non-hydrogen) atoms. The van der Waals surface area contributed by atoms with E-state index in [1.165, 1.54) is 18.7 Å². The molecular weight excluding hydrogens is 314 g/mol. The first-order chi connectivity index (χ1) is 10.7. The molecule has 0 N–H and O–H groups in total. The van der Waals surface area contributed by atoms with Crippen molar-refractivity contribution in [1.82, 2.24) is 0 Å². The summed E-state index contributed by atoms with van der Waals surface area (Å²) in [6.45, 7) is 7.46. The number of hydrogen-bond donors (Lipinski definition) is 0. The molecule has 1 aromatic rings. The highest BCUT2D eigenvalue weighted by Gasteiger charge is 2.43. The van der Waals surface area contributed by atoms with Crippen molar-refractivity contribution in [1.29, 1.82) is 0 Å². The standard InChI is InChI=1S/C16H21N3O3S/c1-15(2,3)23-11-16(4,13(20)18-19-17)14(21)22-10-12-8-6-5-7-9-12/h5-9H,10-11H2,1-4H3/t16-/m0/s1. The molecule has 0 unspecified atom stereocenters.